The summed E-state index contributed by atoms with van der Waals surface area (Å²) in [7, 11) is 0. The highest BCUT2D eigenvalue weighted by Crippen LogP contribution is 2.28. The first-order chi connectivity index (χ1) is 13.9. The number of hydrogen-bond acceptors (Lipinski definition) is 5. The average molecular weight is 367 g/mol. The quantitative estimate of drug-likeness (QED) is 0.548. The molecular formula is C23H21N5. The largest absolute Gasteiger partial charge is 0.356 e. The monoisotopic (exact) mass is 367 g/mol. The molecule has 2 aromatic heterocycles. The van der Waals surface area contributed by atoms with Crippen molar-refractivity contribution in [1.82, 2.24) is 15.0 Å². The van der Waals surface area contributed by atoms with Crippen LogP contribution in [0.5, 0.6) is 0 Å². The molecule has 3 heterocycles. The molecule has 0 amide bonds. The second-order valence-electron chi connectivity index (χ2n) is 7.00. The van der Waals surface area contributed by atoms with E-state index in [-0.39, 0.29) is 0 Å². The maximum absolute atomic E-state index is 4.82. The Hall–Kier alpha value is -3.47. The van der Waals surface area contributed by atoms with Crippen molar-refractivity contribution < 1.29 is 0 Å². The molecule has 4 aromatic rings. The number of nitrogens with one attached hydrogen (secondary N) is 1. The smallest absolute Gasteiger partial charge is 0.229 e. The summed E-state index contributed by atoms with van der Waals surface area (Å²) in [5.41, 5.74) is 3.84. The van der Waals surface area contributed by atoms with E-state index in [2.05, 4.69) is 45.5 Å². The first kappa shape index (κ1) is 16.7. The number of fused-ring (bicyclic) bond motifs is 1. The molecule has 0 atom stereocenters. The van der Waals surface area contributed by atoms with Gasteiger partial charge in [-0.05, 0) is 25.0 Å². The maximum atomic E-state index is 4.82. The lowest BCUT2D eigenvalue weighted by Crippen LogP contribution is -2.19. The first-order valence-corrected chi connectivity index (χ1v) is 9.67. The van der Waals surface area contributed by atoms with Gasteiger partial charge in [0.2, 0.25) is 5.95 Å². The van der Waals surface area contributed by atoms with E-state index in [4.69, 9.17) is 9.97 Å². The molecule has 1 aliphatic heterocycles. The number of para-hydroxylation sites is 1. The Morgan fingerprint density at radius 1 is 0.821 bits per heavy atom. The van der Waals surface area contributed by atoms with Crippen molar-refractivity contribution in [2.75, 3.05) is 23.3 Å². The minimum absolute atomic E-state index is 0.599. The molecule has 0 aliphatic carbocycles. The summed E-state index contributed by atoms with van der Waals surface area (Å²) in [4.78, 5) is 16.5. The fraction of sp³-hybridized carbons (Fsp3) is 0.174. The summed E-state index contributed by atoms with van der Waals surface area (Å²) in [6, 6.07) is 22.5. The molecule has 1 aliphatic rings. The van der Waals surface area contributed by atoms with Crippen LogP contribution in [0.25, 0.3) is 22.2 Å². The number of benzene rings is 2. The Balaban J connectivity index is 1.58. The second-order valence-corrected chi connectivity index (χ2v) is 7.00. The predicted molar refractivity (Wildman–Crippen MR) is 114 cm³/mol. The third-order valence-corrected chi connectivity index (χ3v) is 5.09. The Kier molecular flexibility index (Phi) is 4.33. The standard InChI is InChI=1S/C23H21N5/c1-2-8-17(9-3-1)20-16-21(28-14-4-5-15-28)27-23(26-20)25-19-12-6-10-18-11-7-13-24-22(18)19/h1-3,6-13,16H,4-5,14-15H2,(H,25,26,27). The molecule has 1 saturated heterocycles. The molecule has 1 fully saturated rings. The zero-order valence-electron chi connectivity index (χ0n) is 15.5. The molecule has 28 heavy (non-hydrogen) atoms. The van der Waals surface area contributed by atoms with Crippen molar-refractivity contribution in [3.05, 3.63) is 72.9 Å². The summed E-state index contributed by atoms with van der Waals surface area (Å²) in [6.07, 6.45) is 4.23. The Morgan fingerprint density at radius 2 is 1.64 bits per heavy atom. The van der Waals surface area contributed by atoms with Crippen molar-refractivity contribution in [1.29, 1.82) is 0 Å². The topological polar surface area (TPSA) is 53.9 Å². The fourth-order valence-corrected chi connectivity index (χ4v) is 3.68. The summed E-state index contributed by atoms with van der Waals surface area (Å²) >= 11 is 0. The SMILES string of the molecule is c1ccc(-c2cc(N3CCCC3)nc(Nc3cccc4cccnc34)n2)cc1. The van der Waals surface area contributed by atoms with Gasteiger partial charge in [0.05, 0.1) is 16.9 Å². The Bertz CT molecular complexity index is 1100. The number of nitrogens with zero attached hydrogens (tertiary/aromatic N) is 4. The van der Waals surface area contributed by atoms with Gasteiger partial charge >= 0.3 is 0 Å². The molecule has 0 saturated carbocycles. The molecule has 138 valence electrons. The molecule has 0 spiro atoms. The van der Waals surface area contributed by atoms with E-state index in [1.54, 1.807) is 0 Å². The molecule has 0 unspecified atom stereocenters. The third-order valence-electron chi connectivity index (χ3n) is 5.09. The molecule has 5 rings (SSSR count). The van der Waals surface area contributed by atoms with Crippen LogP contribution in [0.15, 0.2) is 72.9 Å². The summed E-state index contributed by atoms with van der Waals surface area (Å²) in [5.74, 6) is 1.57. The van der Waals surface area contributed by atoms with Crippen LogP contribution < -0.4 is 10.2 Å². The van der Waals surface area contributed by atoms with Crippen LogP contribution in [0.2, 0.25) is 0 Å². The minimum Gasteiger partial charge on any atom is -0.356 e. The highest BCUT2D eigenvalue weighted by Gasteiger charge is 2.17. The second kappa shape index (κ2) is 7.27. The van der Waals surface area contributed by atoms with Crippen molar-refractivity contribution >= 4 is 28.4 Å². The van der Waals surface area contributed by atoms with Crippen molar-refractivity contribution in [3.8, 4) is 11.3 Å². The van der Waals surface area contributed by atoms with Gasteiger partial charge in [-0.2, -0.15) is 4.98 Å². The zero-order chi connectivity index (χ0) is 18.8. The van der Waals surface area contributed by atoms with Crippen LogP contribution in [0, 0.1) is 0 Å². The molecule has 5 heteroatoms. The van der Waals surface area contributed by atoms with Crippen LogP contribution in [-0.4, -0.2) is 28.0 Å². The molecule has 5 nitrogen and oxygen atoms in total. The number of anilines is 3. The molecular weight excluding hydrogens is 346 g/mol. The van der Waals surface area contributed by atoms with E-state index in [0.717, 1.165) is 46.8 Å². The molecule has 1 N–H and O–H groups in total. The maximum Gasteiger partial charge on any atom is 0.229 e. The normalized spacial score (nSPS) is 13.8. The van der Waals surface area contributed by atoms with Gasteiger partial charge in [0.25, 0.3) is 0 Å². The van der Waals surface area contributed by atoms with Gasteiger partial charge in [-0.1, -0.05) is 48.5 Å². The van der Waals surface area contributed by atoms with E-state index in [1.807, 2.05) is 42.6 Å². The summed E-state index contributed by atoms with van der Waals surface area (Å²) in [6.45, 7) is 2.08. The van der Waals surface area contributed by atoms with Gasteiger partial charge in [0.1, 0.15) is 5.82 Å². The van der Waals surface area contributed by atoms with E-state index < -0.39 is 0 Å². The Morgan fingerprint density at radius 3 is 2.50 bits per heavy atom. The number of rotatable bonds is 4. The number of aromatic nitrogens is 3. The van der Waals surface area contributed by atoms with Crippen LogP contribution in [0.4, 0.5) is 17.5 Å². The van der Waals surface area contributed by atoms with Crippen molar-refractivity contribution in [3.63, 3.8) is 0 Å². The van der Waals surface area contributed by atoms with Crippen molar-refractivity contribution in [2.45, 2.75) is 12.8 Å². The minimum atomic E-state index is 0.599. The fourth-order valence-electron chi connectivity index (χ4n) is 3.68. The van der Waals surface area contributed by atoms with Crippen LogP contribution >= 0.6 is 0 Å². The van der Waals surface area contributed by atoms with Crippen molar-refractivity contribution in [2.24, 2.45) is 0 Å². The third kappa shape index (κ3) is 3.27. The molecule has 2 aromatic carbocycles. The molecule has 0 radical (unpaired) electrons. The molecule has 0 bridgehead atoms. The van der Waals surface area contributed by atoms with Gasteiger partial charge in [0, 0.05) is 36.3 Å². The van der Waals surface area contributed by atoms with E-state index >= 15 is 0 Å². The van der Waals surface area contributed by atoms with Gasteiger partial charge in [-0.3, -0.25) is 4.98 Å². The summed E-state index contributed by atoms with van der Waals surface area (Å²) < 4.78 is 0. The van der Waals surface area contributed by atoms with Gasteiger partial charge in [0.15, 0.2) is 0 Å². The highest BCUT2D eigenvalue weighted by atomic mass is 15.2. The van der Waals surface area contributed by atoms with Crippen LogP contribution in [0.3, 0.4) is 0 Å². The first-order valence-electron chi connectivity index (χ1n) is 9.67. The van der Waals surface area contributed by atoms with Gasteiger partial charge in [-0.25, -0.2) is 4.98 Å². The summed E-state index contributed by atoms with van der Waals surface area (Å²) in [5, 5.41) is 4.50. The number of hydrogen-bond donors (Lipinski definition) is 1. The number of pyridine rings is 1. The van der Waals surface area contributed by atoms with E-state index in [0.29, 0.717) is 5.95 Å². The van der Waals surface area contributed by atoms with Crippen LogP contribution in [-0.2, 0) is 0 Å². The average Bonchev–Trinajstić information content (AvgIpc) is 3.30. The van der Waals surface area contributed by atoms with E-state index in [9.17, 15) is 0 Å². The predicted octanol–water partition coefficient (Wildman–Crippen LogP) is 5.04. The van der Waals surface area contributed by atoms with E-state index in [1.165, 1.54) is 12.8 Å². The lowest BCUT2D eigenvalue weighted by atomic mass is 10.1. The van der Waals surface area contributed by atoms with Gasteiger partial charge in [-0.15, -0.1) is 0 Å². The lowest BCUT2D eigenvalue weighted by Gasteiger charge is -2.18. The van der Waals surface area contributed by atoms with Gasteiger partial charge < -0.3 is 10.2 Å². The highest BCUT2D eigenvalue weighted by molar-refractivity contribution is 5.91. The Labute approximate surface area is 164 Å². The van der Waals surface area contributed by atoms with Crippen LogP contribution in [0.1, 0.15) is 12.8 Å². The zero-order valence-corrected chi connectivity index (χ0v) is 15.5. The lowest BCUT2D eigenvalue weighted by molar-refractivity contribution is 0.931.